The number of hydrogen-bond donors (Lipinski definition) is 1. The van der Waals surface area contributed by atoms with Crippen LogP contribution in [-0.4, -0.2) is 17.9 Å². The van der Waals surface area contributed by atoms with Crippen molar-refractivity contribution in [1.29, 1.82) is 0 Å². The zero-order valence-electron chi connectivity index (χ0n) is 7.05. The maximum absolute atomic E-state index is 8.83. The highest BCUT2D eigenvalue weighted by atomic mass is 35.5. The van der Waals surface area contributed by atoms with Gasteiger partial charge in [-0.25, -0.2) is 0 Å². The van der Waals surface area contributed by atoms with E-state index in [1.807, 2.05) is 0 Å². The van der Waals surface area contributed by atoms with Gasteiger partial charge >= 0.3 is 0 Å². The third-order valence-corrected chi connectivity index (χ3v) is 2.19. The van der Waals surface area contributed by atoms with Gasteiger partial charge in [-0.05, 0) is 18.1 Å². The quantitative estimate of drug-likeness (QED) is 0.703. The topological polar surface area (TPSA) is 32.6 Å². The first-order chi connectivity index (χ1) is 5.77. The van der Waals surface area contributed by atoms with Gasteiger partial charge in [0.25, 0.3) is 0 Å². The van der Waals surface area contributed by atoms with Crippen LogP contribution in [0.15, 0.2) is 27.4 Å². The molecule has 0 radical (unpaired) electrons. The molecular formula is C9H12ClNO. The molecule has 0 aromatic heterocycles. The molecule has 1 heterocycles. The predicted octanol–water partition coefficient (Wildman–Crippen LogP) is 2.24. The van der Waals surface area contributed by atoms with Crippen LogP contribution >= 0.6 is 11.6 Å². The van der Waals surface area contributed by atoms with Crippen LogP contribution in [0.1, 0.15) is 19.8 Å². The van der Waals surface area contributed by atoms with Gasteiger partial charge < -0.3 is 5.11 Å². The third kappa shape index (κ3) is 2.19. The SMILES string of the molecule is CCC1=C(Cl)C=C(CO)N=CC1. The van der Waals surface area contributed by atoms with Crippen molar-refractivity contribution in [2.24, 2.45) is 4.99 Å². The van der Waals surface area contributed by atoms with E-state index in [4.69, 9.17) is 16.7 Å². The largest absolute Gasteiger partial charge is 0.390 e. The number of aliphatic hydroxyl groups excluding tert-OH is 1. The summed E-state index contributed by atoms with van der Waals surface area (Å²) >= 11 is 5.97. The summed E-state index contributed by atoms with van der Waals surface area (Å²) in [5.74, 6) is 0. The van der Waals surface area contributed by atoms with Gasteiger partial charge in [0.1, 0.15) is 0 Å². The molecule has 12 heavy (non-hydrogen) atoms. The second kappa shape index (κ2) is 4.43. The van der Waals surface area contributed by atoms with Crippen LogP contribution in [0.3, 0.4) is 0 Å². The zero-order valence-corrected chi connectivity index (χ0v) is 7.80. The molecule has 0 atom stereocenters. The summed E-state index contributed by atoms with van der Waals surface area (Å²) in [5, 5.41) is 9.55. The first kappa shape index (κ1) is 9.49. The Labute approximate surface area is 77.3 Å². The molecule has 0 aromatic carbocycles. The number of halogens is 1. The molecule has 0 spiro atoms. The first-order valence-corrected chi connectivity index (χ1v) is 4.37. The Morgan fingerprint density at radius 2 is 2.42 bits per heavy atom. The molecule has 2 nitrogen and oxygen atoms in total. The molecule has 0 aromatic rings. The molecule has 66 valence electrons. The predicted molar refractivity (Wildman–Crippen MR) is 51.4 cm³/mol. The number of aliphatic imine (C=N–C) groups is 1. The molecule has 3 heteroatoms. The molecule has 0 saturated carbocycles. The fraction of sp³-hybridized carbons (Fsp3) is 0.444. The zero-order chi connectivity index (χ0) is 8.97. The summed E-state index contributed by atoms with van der Waals surface area (Å²) in [6.45, 7) is 2.01. The Hall–Kier alpha value is -0.600. The number of aliphatic hydroxyl groups is 1. The Kier molecular flexibility index (Phi) is 3.50. The van der Waals surface area contributed by atoms with Crippen LogP contribution in [0.5, 0.6) is 0 Å². The number of nitrogens with zero attached hydrogens (tertiary/aromatic N) is 1. The van der Waals surface area contributed by atoms with E-state index in [9.17, 15) is 0 Å². The van der Waals surface area contributed by atoms with Gasteiger partial charge in [-0.3, -0.25) is 4.99 Å². The molecule has 1 rings (SSSR count). The van der Waals surface area contributed by atoms with E-state index < -0.39 is 0 Å². The van der Waals surface area contributed by atoms with Crippen molar-refractivity contribution >= 4 is 17.8 Å². The number of allylic oxidation sites excluding steroid dienone is 3. The molecule has 0 amide bonds. The van der Waals surface area contributed by atoms with Gasteiger partial charge in [-0.15, -0.1) is 0 Å². The van der Waals surface area contributed by atoms with Crippen molar-refractivity contribution in [1.82, 2.24) is 0 Å². The van der Waals surface area contributed by atoms with Gasteiger partial charge in [0.05, 0.1) is 12.3 Å². The van der Waals surface area contributed by atoms with E-state index in [0.717, 1.165) is 17.9 Å². The second-order valence-electron chi connectivity index (χ2n) is 2.61. The Balaban J connectivity index is 2.91. The molecule has 0 saturated heterocycles. The van der Waals surface area contributed by atoms with E-state index in [1.165, 1.54) is 5.57 Å². The Morgan fingerprint density at radius 3 is 3.00 bits per heavy atom. The Morgan fingerprint density at radius 1 is 1.67 bits per heavy atom. The molecule has 0 aliphatic carbocycles. The van der Waals surface area contributed by atoms with Crippen molar-refractivity contribution < 1.29 is 5.11 Å². The summed E-state index contributed by atoms with van der Waals surface area (Å²) in [6, 6.07) is 0. The lowest BCUT2D eigenvalue weighted by molar-refractivity contribution is 0.330. The van der Waals surface area contributed by atoms with Gasteiger partial charge in [0.15, 0.2) is 0 Å². The second-order valence-corrected chi connectivity index (χ2v) is 3.02. The lowest BCUT2D eigenvalue weighted by atomic mass is 10.1. The average Bonchev–Trinajstić information content (AvgIpc) is 2.26. The molecule has 1 aliphatic rings. The van der Waals surface area contributed by atoms with Gasteiger partial charge in [0, 0.05) is 17.7 Å². The number of hydrogen-bond acceptors (Lipinski definition) is 2. The summed E-state index contributed by atoms with van der Waals surface area (Å²) < 4.78 is 0. The van der Waals surface area contributed by atoms with E-state index in [2.05, 4.69) is 11.9 Å². The van der Waals surface area contributed by atoms with Gasteiger partial charge in [-0.1, -0.05) is 18.5 Å². The van der Waals surface area contributed by atoms with Crippen molar-refractivity contribution in [2.75, 3.05) is 6.61 Å². The lowest BCUT2D eigenvalue weighted by Crippen LogP contribution is -1.85. The van der Waals surface area contributed by atoms with Crippen molar-refractivity contribution in [3.63, 3.8) is 0 Å². The molecule has 1 N–H and O–H groups in total. The Bertz CT molecular complexity index is 253. The maximum atomic E-state index is 8.83. The minimum atomic E-state index is -0.0519. The van der Waals surface area contributed by atoms with Crippen LogP contribution in [0, 0.1) is 0 Å². The van der Waals surface area contributed by atoms with Gasteiger partial charge in [0.2, 0.25) is 0 Å². The number of rotatable bonds is 2. The van der Waals surface area contributed by atoms with Crippen LogP contribution in [0.4, 0.5) is 0 Å². The summed E-state index contributed by atoms with van der Waals surface area (Å²) in [6.07, 6.45) is 5.23. The van der Waals surface area contributed by atoms with E-state index >= 15 is 0 Å². The minimum absolute atomic E-state index is 0.0519. The van der Waals surface area contributed by atoms with Crippen LogP contribution < -0.4 is 0 Å². The fourth-order valence-corrected chi connectivity index (χ4v) is 1.39. The van der Waals surface area contributed by atoms with Crippen molar-refractivity contribution in [3.05, 3.63) is 22.4 Å². The molecule has 0 unspecified atom stereocenters. The smallest absolute Gasteiger partial charge is 0.0853 e. The maximum Gasteiger partial charge on any atom is 0.0853 e. The molecule has 1 aliphatic heterocycles. The summed E-state index contributed by atoms with van der Waals surface area (Å²) in [4.78, 5) is 4.05. The monoisotopic (exact) mass is 185 g/mol. The molecule has 0 bridgehead atoms. The molecular weight excluding hydrogens is 174 g/mol. The van der Waals surface area contributed by atoms with Crippen molar-refractivity contribution in [2.45, 2.75) is 19.8 Å². The lowest BCUT2D eigenvalue weighted by Gasteiger charge is -1.99. The summed E-state index contributed by atoms with van der Waals surface area (Å²) in [5.41, 5.74) is 1.80. The third-order valence-electron chi connectivity index (χ3n) is 1.81. The van der Waals surface area contributed by atoms with E-state index in [-0.39, 0.29) is 6.61 Å². The summed E-state index contributed by atoms with van der Waals surface area (Å²) in [7, 11) is 0. The normalized spacial score (nSPS) is 17.8. The highest BCUT2D eigenvalue weighted by Gasteiger charge is 2.04. The highest BCUT2D eigenvalue weighted by molar-refractivity contribution is 6.31. The fourth-order valence-electron chi connectivity index (χ4n) is 1.06. The van der Waals surface area contributed by atoms with Crippen LogP contribution in [0.2, 0.25) is 0 Å². The van der Waals surface area contributed by atoms with E-state index in [0.29, 0.717) is 5.70 Å². The highest BCUT2D eigenvalue weighted by Crippen LogP contribution is 2.21. The average molecular weight is 186 g/mol. The first-order valence-electron chi connectivity index (χ1n) is 3.99. The molecule has 0 fully saturated rings. The van der Waals surface area contributed by atoms with Crippen LogP contribution in [0.25, 0.3) is 0 Å². The minimum Gasteiger partial charge on any atom is -0.390 e. The van der Waals surface area contributed by atoms with Crippen LogP contribution in [-0.2, 0) is 0 Å². The van der Waals surface area contributed by atoms with E-state index in [1.54, 1.807) is 12.3 Å². The van der Waals surface area contributed by atoms with Crippen molar-refractivity contribution in [3.8, 4) is 0 Å². The standard InChI is InChI=1S/C9H12ClNO/c1-2-7-3-4-11-8(6-12)5-9(7)10/h4-5,12H,2-3,6H2,1H3. The van der Waals surface area contributed by atoms with Gasteiger partial charge in [-0.2, -0.15) is 0 Å².